The summed E-state index contributed by atoms with van der Waals surface area (Å²) in [7, 11) is 0. The number of carbonyl (C=O) groups excluding carboxylic acids is 3. The minimum absolute atomic E-state index is 0.0232. The molecule has 0 aromatic heterocycles. The molecule has 2 amide bonds. The zero-order chi connectivity index (χ0) is 26.5. The summed E-state index contributed by atoms with van der Waals surface area (Å²) >= 11 is 0. The maximum atomic E-state index is 14.5. The molecule has 4 heterocycles. The van der Waals surface area contributed by atoms with E-state index in [9.17, 15) is 19.5 Å². The van der Waals surface area contributed by atoms with Crippen LogP contribution in [-0.2, 0) is 23.9 Å². The second kappa shape index (κ2) is 9.60. The largest absolute Gasteiger partial charge is 0.465 e. The maximum absolute atomic E-state index is 14.5. The Balaban J connectivity index is 1.84. The number of cyclic esters (lactones) is 1. The van der Waals surface area contributed by atoms with Gasteiger partial charge in [0, 0.05) is 12.1 Å². The van der Waals surface area contributed by atoms with Crippen molar-refractivity contribution in [2.75, 3.05) is 19.8 Å². The van der Waals surface area contributed by atoms with Gasteiger partial charge < -0.3 is 24.4 Å². The summed E-state index contributed by atoms with van der Waals surface area (Å²) in [6.07, 6.45) is 9.60. The molecule has 1 spiro atoms. The van der Waals surface area contributed by atoms with Crippen molar-refractivity contribution < 1.29 is 29.0 Å². The van der Waals surface area contributed by atoms with Gasteiger partial charge in [0.1, 0.15) is 17.6 Å². The van der Waals surface area contributed by atoms with Crippen LogP contribution in [0.2, 0.25) is 0 Å². The number of fused-ring (bicyclic) bond motifs is 2. The van der Waals surface area contributed by atoms with Crippen LogP contribution in [0.5, 0.6) is 0 Å². The molecule has 2 saturated heterocycles. The molecule has 1 unspecified atom stereocenters. The summed E-state index contributed by atoms with van der Waals surface area (Å²) in [4.78, 5) is 45.2. The van der Waals surface area contributed by atoms with E-state index < -0.39 is 47.1 Å². The highest BCUT2D eigenvalue weighted by Gasteiger charge is 2.72. The number of amides is 2. The average Bonchev–Trinajstić information content (AvgIpc) is 3.18. The SMILES string of the molecule is CC[C@@H](CO)N1C(=O)[C@@H]2[C@@H]3C(=O)OCCC/C=C\[C@@H]3O[C@@]23C=CCN(C(C)(C)CC(C)(C)C)C(=O)C13. The Hall–Kier alpha value is -2.19. The molecule has 2 fully saturated rings. The van der Waals surface area contributed by atoms with Crippen LogP contribution < -0.4 is 0 Å². The number of aliphatic hydroxyl groups is 1. The summed E-state index contributed by atoms with van der Waals surface area (Å²) in [6.45, 7) is 12.8. The monoisotopic (exact) mass is 502 g/mol. The van der Waals surface area contributed by atoms with E-state index in [2.05, 4.69) is 34.6 Å². The van der Waals surface area contributed by atoms with E-state index in [1.807, 2.05) is 36.1 Å². The molecule has 4 aliphatic rings. The number of ether oxygens (including phenoxy) is 2. The van der Waals surface area contributed by atoms with E-state index in [0.29, 0.717) is 19.4 Å². The molecule has 0 saturated carbocycles. The highest BCUT2D eigenvalue weighted by molar-refractivity contribution is 5.99. The fourth-order valence-corrected chi connectivity index (χ4v) is 6.94. The molecule has 4 rings (SSSR count). The maximum Gasteiger partial charge on any atom is 0.312 e. The predicted molar refractivity (Wildman–Crippen MR) is 135 cm³/mol. The number of rotatable bonds is 5. The van der Waals surface area contributed by atoms with Crippen LogP contribution in [0.4, 0.5) is 0 Å². The molecule has 6 atom stereocenters. The number of esters is 1. The van der Waals surface area contributed by atoms with Gasteiger partial charge in [0.05, 0.1) is 31.3 Å². The van der Waals surface area contributed by atoms with Crippen LogP contribution in [0.25, 0.3) is 0 Å². The number of hydrogen-bond donors (Lipinski definition) is 1. The second-order valence-electron chi connectivity index (χ2n) is 12.5. The summed E-state index contributed by atoms with van der Waals surface area (Å²) < 4.78 is 12.2. The minimum atomic E-state index is -1.30. The van der Waals surface area contributed by atoms with Crippen molar-refractivity contribution in [2.45, 2.75) is 96.6 Å². The Kier molecular flexibility index (Phi) is 7.16. The highest BCUT2D eigenvalue weighted by atomic mass is 16.6. The fraction of sp³-hybridized carbons (Fsp3) is 0.750. The molecule has 0 aliphatic carbocycles. The quantitative estimate of drug-likeness (QED) is 0.459. The van der Waals surface area contributed by atoms with Crippen LogP contribution in [0.1, 0.15) is 67.2 Å². The first-order valence-electron chi connectivity index (χ1n) is 13.3. The molecule has 8 nitrogen and oxygen atoms in total. The van der Waals surface area contributed by atoms with Crippen molar-refractivity contribution in [1.29, 1.82) is 0 Å². The number of carbonyl (C=O) groups is 3. The number of aliphatic hydroxyl groups excluding tert-OH is 1. The molecule has 0 aromatic carbocycles. The molecule has 36 heavy (non-hydrogen) atoms. The first-order valence-corrected chi connectivity index (χ1v) is 13.3. The van der Waals surface area contributed by atoms with Gasteiger partial charge in [-0.15, -0.1) is 0 Å². The van der Waals surface area contributed by atoms with Crippen LogP contribution in [0.3, 0.4) is 0 Å². The molecular weight excluding hydrogens is 460 g/mol. The first kappa shape index (κ1) is 26.9. The third-order valence-corrected chi connectivity index (χ3v) is 8.06. The highest BCUT2D eigenvalue weighted by Crippen LogP contribution is 2.54. The smallest absolute Gasteiger partial charge is 0.312 e. The normalized spacial score (nSPS) is 34.7. The van der Waals surface area contributed by atoms with Crippen molar-refractivity contribution in [2.24, 2.45) is 17.3 Å². The standard InChI is InChI=1S/C28H42N2O6/c1-7-18(16-31)30-22-24(33)29(27(5,6)17-26(2,3)4)14-11-13-28(22)21(23(30)32)20-19(36-28)12-9-8-10-15-35-25(20)34/h9,11-13,18-22,31H,7-8,10,14-17H2,1-6H3/b12-9-/t18-,19-,20+,21-,22?,28-/m0/s1. The lowest BCUT2D eigenvalue weighted by Crippen LogP contribution is -2.61. The fourth-order valence-electron chi connectivity index (χ4n) is 6.94. The van der Waals surface area contributed by atoms with Crippen LogP contribution >= 0.6 is 0 Å². The van der Waals surface area contributed by atoms with Gasteiger partial charge in [0.25, 0.3) is 0 Å². The van der Waals surface area contributed by atoms with E-state index in [0.717, 1.165) is 12.8 Å². The number of nitrogens with zero attached hydrogens (tertiary/aromatic N) is 2. The first-order chi connectivity index (χ1) is 16.9. The lowest BCUT2D eigenvalue weighted by Gasteiger charge is -2.45. The Morgan fingerprint density at radius 3 is 2.50 bits per heavy atom. The number of hydrogen-bond acceptors (Lipinski definition) is 6. The molecule has 0 bridgehead atoms. The van der Waals surface area contributed by atoms with Crippen LogP contribution in [0.15, 0.2) is 24.3 Å². The van der Waals surface area contributed by atoms with Crippen molar-refractivity contribution in [1.82, 2.24) is 9.80 Å². The van der Waals surface area contributed by atoms with Crippen molar-refractivity contribution >= 4 is 17.8 Å². The van der Waals surface area contributed by atoms with E-state index in [4.69, 9.17) is 9.47 Å². The Morgan fingerprint density at radius 1 is 1.14 bits per heavy atom. The molecule has 8 heteroatoms. The third-order valence-electron chi connectivity index (χ3n) is 8.06. The van der Waals surface area contributed by atoms with Gasteiger partial charge in [0.2, 0.25) is 11.8 Å². The van der Waals surface area contributed by atoms with E-state index in [-0.39, 0.29) is 30.4 Å². The van der Waals surface area contributed by atoms with Gasteiger partial charge in [-0.2, -0.15) is 0 Å². The Morgan fingerprint density at radius 2 is 1.86 bits per heavy atom. The van der Waals surface area contributed by atoms with E-state index in [1.165, 1.54) is 4.90 Å². The number of likely N-dealkylation sites (tertiary alicyclic amines) is 1. The van der Waals surface area contributed by atoms with Crippen molar-refractivity contribution in [3.63, 3.8) is 0 Å². The lowest BCUT2D eigenvalue weighted by molar-refractivity contribution is -0.157. The van der Waals surface area contributed by atoms with Crippen LogP contribution in [-0.4, -0.2) is 81.8 Å². The molecular formula is C28H42N2O6. The van der Waals surface area contributed by atoms with Gasteiger partial charge in [-0.05, 0) is 44.9 Å². The topological polar surface area (TPSA) is 96.4 Å². The minimum Gasteiger partial charge on any atom is -0.465 e. The van der Waals surface area contributed by atoms with E-state index >= 15 is 0 Å². The zero-order valence-corrected chi connectivity index (χ0v) is 22.5. The molecule has 0 radical (unpaired) electrons. The summed E-state index contributed by atoms with van der Waals surface area (Å²) in [5.74, 6) is -2.74. The van der Waals surface area contributed by atoms with Crippen LogP contribution in [0, 0.1) is 17.3 Å². The molecule has 4 aliphatic heterocycles. The van der Waals surface area contributed by atoms with Gasteiger partial charge >= 0.3 is 5.97 Å². The molecule has 200 valence electrons. The number of allylic oxidation sites excluding steroid dienone is 1. The molecule has 1 N–H and O–H groups in total. The van der Waals surface area contributed by atoms with Gasteiger partial charge in [0.15, 0.2) is 0 Å². The van der Waals surface area contributed by atoms with Crippen molar-refractivity contribution in [3.8, 4) is 0 Å². The Labute approximate surface area is 214 Å². The predicted octanol–water partition coefficient (Wildman–Crippen LogP) is 2.84. The summed E-state index contributed by atoms with van der Waals surface area (Å²) in [5, 5.41) is 10.2. The zero-order valence-electron chi connectivity index (χ0n) is 22.5. The average molecular weight is 503 g/mol. The summed E-state index contributed by atoms with van der Waals surface area (Å²) in [6, 6.07) is -1.53. The van der Waals surface area contributed by atoms with Gasteiger partial charge in [-0.25, -0.2) is 0 Å². The van der Waals surface area contributed by atoms with Gasteiger partial charge in [-0.3, -0.25) is 14.4 Å². The summed E-state index contributed by atoms with van der Waals surface area (Å²) in [5.41, 5.74) is -1.82. The lowest BCUT2D eigenvalue weighted by atomic mass is 9.77. The third kappa shape index (κ3) is 4.40. The molecule has 0 aromatic rings. The van der Waals surface area contributed by atoms with E-state index in [1.54, 1.807) is 0 Å². The van der Waals surface area contributed by atoms with Crippen molar-refractivity contribution in [3.05, 3.63) is 24.3 Å². The van der Waals surface area contributed by atoms with Gasteiger partial charge in [-0.1, -0.05) is 52.0 Å². The Bertz CT molecular complexity index is 946. The second-order valence-corrected chi connectivity index (χ2v) is 12.5.